The molecule has 5 nitrogen and oxygen atoms in total. The molecule has 2 aromatic carbocycles. The van der Waals surface area contributed by atoms with Crippen LogP contribution in [0.1, 0.15) is 0 Å². The first-order valence-electron chi connectivity index (χ1n) is 5.07. The van der Waals surface area contributed by atoms with E-state index in [1.165, 1.54) is 12.1 Å². The van der Waals surface area contributed by atoms with Gasteiger partial charge in [0.25, 0.3) is 0 Å². The van der Waals surface area contributed by atoms with Crippen molar-refractivity contribution in [2.45, 2.75) is 0 Å². The number of nitro benzene ring substituents is 1. The van der Waals surface area contributed by atoms with Crippen molar-refractivity contribution < 1.29 is 10.0 Å². The van der Waals surface area contributed by atoms with Gasteiger partial charge in [0.15, 0.2) is 0 Å². The predicted octanol–water partition coefficient (Wildman–Crippen LogP) is 3.70. The predicted molar refractivity (Wildman–Crippen MR) is 69.5 cm³/mol. The second-order valence-electron chi connectivity index (χ2n) is 3.54. The van der Waals surface area contributed by atoms with E-state index in [0.29, 0.717) is 5.69 Å². The number of halogens is 1. The highest BCUT2D eigenvalue weighted by molar-refractivity contribution is 6.35. The van der Waals surface area contributed by atoms with Gasteiger partial charge in [-0.25, -0.2) is 0 Å². The molecular weight excluding hydrogens is 256 g/mol. The summed E-state index contributed by atoms with van der Waals surface area (Å²) in [6, 6.07) is 11.8. The van der Waals surface area contributed by atoms with Crippen LogP contribution < -0.4 is 5.32 Å². The lowest BCUT2D eigenvalue weighted by Crippen LogP contribution is -1.94. The standard InChI is InChI=1S/C12H9ClN2O3/c13-11-9(14-8-4-2-1-3-5-8)6-7-10(12(11)16)15(17)18/h1-7,14,16H. The fourth-order valence-corrected chi connectivity index (χ4v) is 1.68. The summed E-state index contributed by atoms with van der Waals surface area (Å²) in [6.45, 7) is 0. The van der Waals surface area contributed by atoms with Gasteiger partial charge in [-0.2, -0.15) is 0 Å². The Balaban J connectivity index is 2.36. The van der Waals surface area contributed by atoms with Crippen molar-refractivity contribution in [2.24, 2.45) is 0 Å². The number of benzene rings is 2. The number of nitrogens with one attached hydrogen (secondary N) is 1. The molecule has 0 saturated carbocycles. The van der Waals surface area contributed by atoms with Gasteiger partial charge in [-0.1, -0.05) is 29.8 Å². The minimum absolute atomic E-state index is 0.0759. The first-order chi connectivity index (χ1) is 8.59. The van der Waals surface area contributed by atoms with Gasteiger partial charge in [0, 0.05) is 11.8 Å². The number of anilines is 2. The van der Waals surface area contributed by atoms with Crippen LogP contribution in [0, 0.1) is 10.1 Å². The summed E-state index contributed by atoms with van der Waals surface area (Å²) < 4.78 is 0. The number of phenols is 1. The molecule has 0 radical (unpaired) electrons. The molecule has 2 aromatic rings. The van der Waals surface area contributed by atoms with E-state index >= 15 is 0 Å². The fourth-order valence-electron chi connectivity index (χ4n) is 1.48. The highest BCUT2D eigenvalue weighted by Gasteiger charge is 2.18. The van der Waals surface area contributed by atoms with Crippen LogP contribution in [-0.4, -0.2) is 10.0 Å². The molecule has 2 rings (SSSR count). The molecule has 0 aliphatic rings. The first-order valence-corrected chi connectivity index (χ1v) is 5.45. The monoisotopic (exact) mass is 264 g/mol. The number of para-hydroxylation sites is 1. The molecule has 0 bridgehead atoms. The summed E-state index contributed by atoms with van der Waals surface area (Å²) in [5, 5.41) is 23.1. The Hall–Kier alpha value is -2.27. The summed E-state index contributed by atoms with van der Waals surface area (Å²) >= 11 is 5.88. The van der Waals surface area contributed by atoms with Crippen molar-refractivity contribution in [3.63, 3.8) is 0 Å². The van der Waals surface area contributed by atoms with E-state index in [1.54, 1.807) is 0 Å². The smallest absolute Gasteiger partial charge is 0.312 e. The molecule has 0 heterocycles. The summed E-state index contributed by atoms with van der Waals surface area (Å²) in [5.74, 6) is -0.539. The second kappa shape index (κ2) is 4.93. The largest absolute Gasteiger partial charge is 0.501 e. The Kier molecular flexibility index (Phi) is 3.34. The number of phenolic OH excluding ortho intramolecular Hbond substituents is 1. The quantitative estimate of drug-likeness (QED) is 0.655. The average molecular weight is 265 g/mol. The minimum Gasteiger partial charge on any atom is -0.501 e. The number of hydrogen-bond acceptors (Lipinski definition) is 4. The first kappa shape index (κ1) is 12.2. The molecule has 0 atom stereocenters. The third-order valence-electron chi connectivity index (χ3n) is 2.34. The Morgan fingerprint density at radius 1 is 1.17 bits per heavy atom. The molecule has 6 heteroatoms. The summed E-state index contributed by atoms with van der Waals surface area (Å²) in [4.78, 5) is 9.92. The molecule has 0 aromatic heterocycles. The van der Waals surface area contributed by atoms with Gasteiger partial charge in [0.05, 0.1) is 10.6 Å². The molecule has 0 fully saturated rings. The number of nitro groups is 1. The van der Waals surface area contributed by atoms with Crippen LogP contribution in [0.2, 0.25) is 5.02 Å². The van der Waals surface area contributed by atoms with E-state index in [1.807, 2.05) is 30.3 Å². The van der Waals surface area contributed by atoms with Crippen LogP contribution in [0.25, 0.3) is 0 Å². The molecule has 0 amide bonds. The van der Waals surface area contributed by atoms with Crippen molar-refractivity contribution in [1.29, 1.82) is 0 Å². The van der Waals surface area contributed by atoms with Gasteiger partial charge >= 0.3 is 5.69 Å². The van der Waals surface area contributed by atoms with Crippen LogP contribution in [0.15, 0.2) is 42.5 Å². The van der Waals surface area contributed by atoms with Crippen LogP contribution in [0.4, 0.5) is 17.1 Å². The zero-order valence-corrected chi connectivity index (χ0v) is 9.89. The summed E-state index contributed by atoms with van der Waals surface area (Å²) in [7, 11) is 0. The average Bonchev–Trinajstić information content (AvgIpc) is 2.36. The van der Waals surface area contributed by atoms with E-state index < -0.39 is 16.4 Å². The van der Waals surface area contributed by atoms with Crippen LogP contribution >= 0.6 is 11.6 Å². The highest BCUT2D eigenvalue weighted by Crippen LogP contribution is 2.39. The van der Waals surface area contributed by atoms with Crippen molar-refractivity contribution in [1.82, 2.24) is 0 Å². The normalized spacial score (nSPS) is 10.1. The zero-order chi connectivity index (χ0) is 13.1. The Morgan fingerprint density at radius 3 is 2.44 bits per heavy atom. The third-order valence-corrected chi connectivity index (χ3v) is 2.73. The Bertz CT molecular complexity index is 587. The maximum absolute atomic E-state index is 10.6. The zero-order valence-electron chi connectivity index (χ0n) is 9.13. The lowest BCUT2D eigenvalue weighted by molar-refractivity contribution is -0.385. The van der Waals surface area contributed by atoms with Crippen LogP contribution in [0.3, 0.4) is 0 Å². The van der Waals surface area contributed by atoms with Gasteiger partial charge in [-0.05, 0) is 18.2 Å². The summed E-state index contributed by atoms with van der Waals surface area (Å²) in [6.07, 6.45) is 0. The number of hydrogen-bond donors (Lipinski definition) is 2. The Labute approximate surface area is 108 Å². The van der Waals surface area contributed by atoms with Gasteiger partial charge in [-0.3, -0.25) is 10.1 Å². The van der Waals surface area contributed by atoms with Crippen molar-refractivity contribution in [3.05, 3.63) is 57.6 Å². The maximum Gasteiger partial charge on any atom is 0.312 e. The van der Waals surface area contributed by atoms with E-state index in [4.69, 9.17) is 11.6 Å². The van der Waals surface area contributed by atoms with Crippen molar-refractivity contribution in [2.75, 3.05) is 5.32 Å². The Morgan fingerprint density at radius 2 is 1.83 bits per heavy atom. The third kappa shape index (κ3) is 2.36. The fraction of sp³-hybridized carbons (Fsp3) is 0. The minimum atomic E-state index is -0.687. The van der Waals surface area contributed by atoms with Crippen LogP contribution in [-0.2, 0) is 0 Å². The van der Waals surface area contributed by atoms with Crippen molar-refractivity contribution in [3.8, 4) is 5.75 Å². The molecule has 18 heavy (non-hydrogen) atoms. The van der Waals surface area contributed by atoms with E-state index in [9.17, 15) is 15.2 Å². The molecular formula is C12H9ClN2O3. The SMILES string of the molecule is O=[N+]([O-])c1ccc(Nc2ccccc2)c(Cl)c1O. The van der Waals surface area contributed by atoms with Gasteiger partial charge in [0.1, 0.15) is 5.02 Å². The number of nitrogens with zero attached hydrogens (tertiary/aromatic N) is 1. The topological polar surface area (TPSA) is 75.4 Å². The van der Waals surface area contributed by atoms with E-state index in [-0.39, 0.29) is 5.02 Å². The lowest BCUT2D eigenvalue weighted by atomic mass is 10.2. The summed E-state index contributed by atoms with van der Waals surface area (Å²) in [5.41, 5.74) is 0.761. The molecule has 0 saturated heterocycles. The number of rotatable bonds is 3. The van der Waals surface area contributed by atoms with E-state index in [2.05, 4.69) is 5.32 Å². The van der Waals surface area contributed by atoms with Gasteiger partial charge < -0.3 is 10.4 Å². The van der Waals surface area contributed by atoms with E-state index in [0.717, 1.165) is 5.69 Å². The molecule has 0 aliphatic heterocycles. The second-order valence-corrected chi connectivity index (χ2v) is 3.92. The maximum atomic E-state index is 10.6. The molecule has 92 valence electrons. The molecule has 0 spiro atoms. The highest BCUT2D eigenvalue weighted by atomic mass is 35.5. The molecule has 2 N–H and O–H groups in total. The van der Waals surface area contributed by atoms with Gasteiger partial charge in [-0.15, -0.1) is 0 Å². The number of aromatic hydroxyl groups is 1. The lowest BCUT2D eigenvalue weighted by Gasteiger charge is -2.09. The van der Waals surface area contributed by atoms with Gasteiger partial charge in [0.2, 0.25) is 5.75 Å². The van der Waals surface area contributed by atoms with Crippen molar-refractivity contribution >= 4 is 28.7 Å². The molecule has 0 unspecified atom stereocenters. The molecule has 0 aliphatic carbocycles. The van der Waals surface area contributed by atoms with Crippen LogP contribution in [0.5, 0.6) is 5.75 Å².